The van der Waals surface area contributed by atoms with Gasteiger partial charge in [-0.3, -0.25) is 0 Å². The van der Waals surface area contributed by atoms with Crippen LogP contribution in [0.15, 0.2) is 23.8 Å². The van der Waals surface area contributed by atoms with E-state index in [0.717, 1.165) is 0 Å². The predicted molar refractivity (Wildman–Crippen MR) is 32.1 cm³/mol. The molecule has 0 spiro atoms. The van der Waals surface area contributed by atoms with Gasteiger partial charge < -0.3 is 0 Å². The maximum atomic E-state index is 2.19. The van der Waals surface area contributed by atoms with Crippen LogP contribution >= 0.6 is 0 Å². The van der Waals surface area contributed by atoms with E-state index in [2.05, 4.69) is 25.2 Å². The summed E-state index contributed by atoms with van der Waals surface area (Å²) in [5.74, 6) is 0. The molecular weight excluding hydrogens is 185 g/mol. The Balaban J connectivity index is 0.000000490. The first-order valence-electron chi connectivity index (χ1n) is 2.78. The van der Waals surface area contributed by atoms with E-state index in [0.29, 0.717) is 0 Å². The molecule has 0 unspecified atom stereocenters. The predicted octanol–water partition coefficient (Wildman–Crippen LogP) is 2.28. The minimum Gasteiger partial charge on any atom is -0.0805 e. The number of allylic oxidation sites excluding steroid dienone is 4. The molecule has 0 nitrogen and oxygen atoms in total. The summed E-state index contributed by atoms with van der Waals surface area (Å²) in [6, 6.07) is 0. The summed E-state index contributed by atoms with van der Waals surface area (Å²) in [7, 11) is 0. The molecule has 0 bridgehead atoms. The molecule has 0 fully saturated rings. The van der Waals surface area contributed by atoms with Gasteiger partial charge in [0.1, 0.15) is 0 Å². The third-order valence-corrected chi connectivity index (χ3v) is 1.30. The van der Waals surface area contributed by atoms with E-state index in [9.17, 15) is 0 Å². The summed E-state index contributed by atoms with van der Waals surface area (Å²) < 4.78 is 0. The van der Waals surface area contributed by atoms with Gasteiger partial charge in [0, 0.05) is 19.5 Å². The zero-order chi connectivity index (χ0) is 5.11. The van der Waals surface area contributed by atoms with Crippen LogP contribution in [0.2, 0.25) is 0 Å². The van der Waals surface area contributed by atoms with Gasteiger partial charge in [-0.15, -0.1) is 0 Å². The minimum atomic E-state index is 0. The fraction of sp³-hybridized carbons (Fsp3) is 0.429. The van der Waals surface area contributed by atoms with Gasteiger partial charge in [0.05, 0.1) is 0 Å². The van der Waals surface area contributed by atoms with Crippen molar-refractivity contribution in [1.29, 1.82) is 0 Å². The zero-order valence-electron chi connectivity index (χ0n) is 5.00. The summed E-state index contributed by atoms with van der Waals surface area (Å²) in [5, 5.41) is 0. The quantitative estimate of drug-likeness (QED) is 0.563. The summed E-state index contributed by atoms with van der Waals surface area (Å²) in [6.45, 7) is 2.19. The molecular formula is C7H10Ru. The van der Waals surface area contributed by atoms with Gasteiger partial charge in [-0.2, -0.15) is 0 Å². The Kier molecular flexibility index (Phi) is 4.08. The molecule has 0 atom stereocenters. The molecule has 0 radical (unpaired) electrons. The summed E-state index contributed by atoms with van der Waals surface area (Å²) in [5.41, 5.74) is 1.56. The van der Waals surface area contributed by atoms with Gasteiger partial charge in [-0.25, -0.2) is 0 Å². The summed E-state index contributed by atoms with van der Waals surface area (Å²) in [4.78, 5) is 0. The van der Waals surface area contributed by atoms with Crippen molar-refractivity contribution in [2.75, 3.05) is 0 Å². The first-order valence-corrected chi connectivity index (χ1v) is 2.78. The monoisotopic (exact) mass is 196 g/mol. The van der Waals surface area contributed by atoms with Crippen molar-refractivity contribution in [2.45, 2.75) is 19.8 Å². The first-order chi connectivity index (χ1) is 3.43. The van der Waals surface area contributed by atoms with E-state index in [1.807, 2.05) is 0 Å². The van der Waals surface area contributed by atoms with Gasteiger partial charge in [0.2, 0.25) is 0 Å². The van der Waals surface area contributed by atoms with Crippen molar-refractivity contribution < 1.29 is 19.5 Å². The van der Waals surface area contributed by atoms with Crippen molar-refractivity contribution in [3.8, 4) is 0 Å². The first kappa shape index (κ1) is 8.10. The molecule has 1 aliphatic rings. The summed E-state index contributed by atoms with van der Waals surface area (Å²) >= 11 is 0. The maximum Gasteiger partial charge on any atom is 0 e. The Bertz CT molecular complexity index is 112. The fourth-order valence-corrected chi connectivity index (χ4v) is 0.754. The van der Waals surface area contributed by atoms with E-state index in [-0.39, 0.29) is 19.5 Å². The standard InChI is InChI=1S/C7H10.Ru/c1-2-7-5-3-4-6-7;/h3-5H,2,6H2,1H3;. The smallest absolute Gasteiger partial charge is 0 e. The molecule has 8 heavy (non-hydrogen) atoms. The molecule has 0 aromatic heterocycles. The van der Waals surface area contributed by atoms with Crippen LogP contribution in [0, 0.1) is 0 Å². The van der Waals surface area contributed by atoms with Crippen LogP contribution < -0.4 is 0 Å². The topological polar surface area (TPSA) is 0 Å². The Morgan fingerprint density at radius 2 is 2.38 bits per heavy atom. The molecule has 0 amide bonds. The SMILES string of the molecule is CCC1=CC=CC1.[Ru]. The van der Waals surface area contributed by atoms with Crippen molar-refractivity contribution in [3.05, 3.63) is 23.8 Å². The van der Waals surface area contributed by atoms with E-state index in [1.54, 1.807) is 5.57 Å². The van der Waals surface area contributed by atoms with Gasteiger partial charge in [0.15, 0.2) is 0 Å². The van der Waals surface area contributed by atoms with Crippen LogP contribution in [0.5, 0.6) is 0 Å². The Hall–Kier alpha value is 0.103. The van der Waals surface area contributed by atoms with E-state index in [1.165, 1.54) is 12.8 Å². The third-order valence-electron chi connectivity index (χ3n) is 1.30. The molecule has 1 aliphatic carbocycles. The molecule has 0 heterocycles. The average Bonchev–Trinajstić information content (AvgIpc) is 2.14. The van der Waals surface area contributed by atoms with Crippen LogP contribution in [0.25, 0.3) is 0 Å². The van der Waals surface area contributed by atoms with Crippen molar-refractivity contribution in [1.82, 2.24) is 0 Å². The summed E-state index contributed by atoms with van der Waals surface area (Å²) in [6.07, 6.45) is 8.92. The number of rotatable bonds is 1. The van der Waals surface area contributed by atoms with E-state index >= 15 is 0 Å². The van der Waals surface area contributed by atoms with Gasteiger partial charge in [0.25, 0.3) is 0 Å². The minimum absolute atomic E-state index is 0. The second kappa shape index (κ2) is 4.03. The van der Waals surface area contributed by atoms with Crippen molar-refractivity contribution in [2.24, 2.45) is 0 Å². The molecule has 1 heteroatoms. The number of hydrogen-bond acceptors (Lipinski definition) is 0. The Morgan fingerprint density at radius 3 is 2.62 bits per heavy atom. The van der Waals surface area contributed by atoms with Crippen LogP contribution in [0.3, 0.4) is 0 Å². The molecule has 0 aromatic carbocycles. The van der Waals surface area contributed by atoms with Gasteiger partial charge >= 0.3 is 0 Å². The number of hydrogen-bond donors (Lipinski definition) is 0. The van der Waals surface area contributed by atoms with Crippen LogP contribution in [-0.2, 0) is 19.5 Å². The van der Waals surface area contributed by atoms with Crippen LogP contribution in [-0.4, -0.2) is 0 Å². The third kappa shape index (κ3) is 1.92. The van der Waals surface area contributed by atoms with Crippen LogP contribution in [0.4, 0.5) is 0 Å². The second-order valence-corrected chi connectivity index (χ2v) is 1.81. The normalized spacial score (nSPS) is 15.4. The Labute approximate surface area is 63.4 Å². The maximum absolute atomic E-state index is 2.19. The van der Waals surface area contributed by atoms with E-state index < -0.39 is 0 Å². The van der Waals surface area contributed by atoms with Crippen LogP contribution in [0.1, 0.15) is 19.8 Å². The largest absolute Gasteiger partial charge is 0.0805 e. The second-order valence-electron chi connectivity index (χ2n) is 1.81. The molecule has 0 aliphatic heterocycles. The molecule has 0 saturated carbocycles. The molecule has 1 rings (SSSR count). The van der Waals surface area contributed by atoms with Crippen molar-refractivity contribution >= 4 is 0 Å². The van der Waals surface area contributed by atoms with E-state index in [4.69, 9.17) is 0 Å². The Morgan fingerprint density at radius 1 is 1.62 bits per heavy atom. The van der Waals surface area contributed by atoms with Gasteiger partial charge in [-0.05, 0) is 12.8 Å². The molecule has 0 saturated heterocycles. The van der Waals surface area contributed by atoms with Gasteiger partial charge in [-0.1, -0.05) is 30.7 Å². The average molecular weight is 195 g/mol. The zero-order valence-corrected chi connectivity index (χ0v) is 6.74. The molecule has 46 valence electrons. The fourth-order valence-electron chi connectivity index (χ4n) is 0.754. The van der Waals surface area contributed by atoms with Crippen molar-refractivity contribution in [3.63, 3.8) is 0 Å². The molecule has 0 N–H and O–H groups in total. The molecule has 0 aromatic rings.